The number of halogens is 2. The molecule has 6 nitrogen and oxygen atoms in total. The Morgan fingerprint density at radius 2 is 2.14 bits per heavy atom. The van der Waals surface area contributed by atoms with Gasteiger partial charge in [-0.3, -0.25) is 9.40 Å². The molecule has 0 aliphatic carbocycles. The lowest BCUT2D eigenvalue weighted by Gasteiger charge is -2.10. The van der Waals surface area contributed by atoms with Crippen molar-refractivity contribution in [1.29, 1.82) is 0 Å². The first-order valence-corrected chi connectivity index (χ1v) is 7.84. The molecule has 0 aliphatic rings. The summed E-state index contributed by atoms with van der Waals surface area (Å²) in [4.78, 5) is -0.508. The van der Waals surface area contributed by atoms with E-state index in [1.807, 2.05) is 0 Å². The van der Waals surface area contributed by atoms with E-state index in [1.54, 1.807) is 20.3 Å². The molecule has 0 saturated heterocycles. The Kier molecular flexibility index (Phi) is 4.50. The van der Waals surface area contributed by atoms with E-state index in [-0.39, 0.29) is 22.9 Å². The first kappa shape index (κ1) is 15.7. The zero-order valence-electron chi connectivity index (χ0n) is 11.4. The molecule has 114 valence electrons. The molecule has 0 unspecified atom stereocenters. The standard InChI is InChI=1S/C12H14ClFN4O2S/c1-15-7-8-5-9(13)6-10(12(8)14)21(19,20)17-11-3-4-18(2)16-11/h3-6,15H,7H2,1-2H3,(H,16,17). The molecule has 2 rings (SSSR count). The number of benzene rings is 1. The van der Waals surface area contributed by atoms with E-state index in [2.05, 4.69) is 15.1 Å². The van der Waals surface area contributed by atoms with Gasteiger partial charge in [0, 0.05) is 36.4 Å². The van der Waals surface area contributed by atoms with Crippen LogP contribution in [-0.4, -0.2) is 25.2 Å². The quantitative estimate of drug-likeness (QED) is 0.874. The van der Waals surface area contributed by atoms with Crippen LogP contribution in [0.15, 0.2) is 29.3 Å². The van der Waals surface area contributed by atoms with Gasteiger partial charge >= 0.3 is 0 Å². The molecule has 0 amide bonds. The summed E-state index contributed by atoms with van der Waals surface area (Å²) >= 11 is 5.86. The smallest absolute Gasteiger partial charge is 0.266 e. The topological polar surface area (TPSA) is 76.0 Å². The van der Waals surface area contributed by atoms with Crippen molar-refractivity contribution in [1.82, 2.24) is 15.1 Å². The number of hydrogen-bond acceptors (Lipinski definition) is 4. The van der Waals surface area contributed by atoms with E-state index in [9.17, 15) is 12.8 Å². The number of nitrogens with zero attached hydrogens (tertiary/aromatic N) is 2. The van der Waals surface area contributed by atoms with Crippen molar-refractivity contribution in [2.24, 2.45) is 7.05 Å². The molecular formula is C12H14ClFN4O2S. The number of rotatable bonds is 5. The minimum atomic E-state index is -4.11. The predicted molar refractivity (Wildman–Crippen MR) is 78.2 cm³/mol. The van der Waals surface area contributed by atoms with Gasteiger partial charge in [-0.25, -0.2) is 12.8 Å². The molecule has 9 heteroatoms. The minimum absolute atomic E-state index is 0.104. The number of hydrogen-bond donors (Lipinski definition) is 2. The number of aromatic nitrogens is 2. The third kappa shape index (κ3) is 3.52. The van der Waals surface area contributed by atoms with E-state index in [1.165, 1.54) is 16.8 Å². The van der Waals surface area contributed by atoms with Crippen LogP contribution in [0.25, 0.3) is 0 Å². The monoisotopic (exact) mass is 332 g/mol. The lowest BCUT2D eigenvalue weighted by atomic mass is 10.2. The summed E-state index contributed by atoms with van der Waals surface area (Å²) in [6.45, 7) is 0.165. The van der Waals surface area contributed by atoms with Gasteiger partial charge < -0.3 is 5.32 Å². The second-order valence-electron chi connectivity index (χ2n) is 4.39. The van der Waals surface area contributed by atoms with Gasteiger partial charge in [0.2, 0.25) is 0 Å². The van der Waals surface area contributed by atoms with E-state index in [0.717, 1.165) is 6.07 Å². The molecule has 0 radical (unpaired) electrons. The Bertz CT molecular complexity index is 761. The zero-order chi connectivity index (χ0) is 15.6. The summed E-state index contributed by atoms with van der Waals surface area (Å²) in [5, 5.41) is 6.79. The highest BCUT2D eigenvalue weighted by atomic mass is 35.5. The molecule has 1 aromatic carbocycles. The Morgan fingerprint density at radius 3 is 2.71 bits per heavy atom. The number of nitrogens with one attached hydrogen (secondary N) is 2. The molecule has 0 aliphatic heterocycles. The SMILES string of the molecule is CNCc1cc(Cl)cc(S(=O)(=O)Nc2ccn(C)n2)c1F. The van der Waals surface area contributed by atoms with Crippen LogP contribution in [0.3, 0.4) is 0 Å². The predicted octanol–water partition coefficient (Wildman–Crippen LogP) is 1.73. The van der Waals surface area contributed by atoms with Crippen molar-refractivity contribution in [2.75, 3.05) is 11.8 Å². The first-order valence-electron chi connectivity index (χ1n) is 5.98. The fraction of sp³-hybridized carbons (Fsp3) is 0.250. The molecule has 0 fully saturated rings. The largest absolute Gasteiger partial charge is 0.316 e. The van der Waals surface area contributed by atoms with Crippen molar-refractivity contribution < 1.29 is 12.8 Å². The highest BCUT2D eigenvalue weighted by Crippen LogP contribution is 2.25. The van der Waals surface area contributed by atoms with Crippen LogP contribution in [-0.2, 0) is 23.6 Å². The van der Waals surface area contributed by atoms with Gasteiger partial charge in [0.1, 0.15) is 10.7 Å². The van der Waals surface area contributed by atoms with E-state index >= 15 is 0 Å². The van der Waals surface area contributed by atoms with Crippen molar-refractivity contribution in [3.05, 3.63) is 40.8 Å². The Labute approximate surface area is 127 Å². The summed E-state index contributed by atoms with van der Waals surface area (Å²) in [5.74, 6) is -0.732. The van der Waals surface area contributed by atoms with Gasteiger partial charge in [0.05, 0.1) is 0 Å². The average Bonchev–Trinajstić information content (AvgIpc) is 2.78. The maximum absolute atomic E-state index is 14.3. The molecule has 1 aromatic heterocycles. The number of aryl methyl sites for hydroxylation is 1. The summed E-state index contributed by atoms with van der Waals surface area (Å²) in [5.41, 5.74) is 0.173. The van der Waals surface area contributed by atoms with Crippen LogP contribution in [0.4, 0.5) is 10.2 Å². The van der Waals surface area contributed by atoms with Gasteiger partial charge in [0.15, 0.2) is 5.82 Å². The molecule has 0 atom stereocenters. The average molecular weight is 333 g/mol. The molecule has 21 heavy (non-hydrogen) atoms. The third-order valence-electron chi connectivity index (χ3n) is 2.69. The summed E-state index contributed by atoms with van der Waals surface area (Å²) in [6.07, 6.45) is 1.57. The van der Waals surface area contributed by atoms with Crippen LogP contribution < -0.4 is 10.0 Å². The van der Waals surface area contributed by atoms with Crippen LogP contribution in [0.2, 0.25) is 5.02 Å². The summed E-state index contributed by atoms with van der Waals surface area (Å²) < 4.78 is 42.5. The van der Waals surface area contributed by atoms with Crippen LogP contribution in [0.1, 0.15) is 5.56 Å². The normalized spacial score (nSPS) is 11.6. The second kappa shape index (κ2) is 6.00. The second-order valence-corrected chi connectivity index (χ2v) is 6.47. The number of anilines is 1. The maximum atomic E-state index is 14.3. The summed E-state index contributed by atoms with van der Waals surface area (Å²) in [7, 11) is -0.840. The van der Waals surface area contributed by atoms with Gasteiger partial charge in [0.25, 0.3) is 10.0 Å². The van der Waals surface area contributed by atoms with Crippen molar-refractivity contribution in [3.63, 3.8) is 0 Å². The van der Waals surface area contributed by atoms with Crippen molar-refractivity contribution in [3.8, 4) is 0 Å². The highest BCUT2D eigenvalue weighted by molar-refractivity contribution is 7.92. The first-order chi connectivity index (χ1) is 9.83. The highest BCUT2D eigenvalue weighted by Gasteiger charge is 2.23. The summed E-state index contributed by atoms with van der Waals surface area (Å²) in [6, 6.07) is 3.92. The lowest BCUT2D eigenvalue weighted by Crippen LogP contribution is -2.17. The van der Waals surface area contributed by atoms with Gasteiger partial charge in [-0.2, -0.15) is 5.10 Å². The van der Waals surface area contributed by atoms with Crippen LogP contribution in [0.5, 0.6) is 0 Å². The Morgan fingerprint density at radius 1 is 1.43 bits per heavy atom. The molecular weight excluding hydrogens is 319 g/mol. The lowest BCUT2D eigenvalue weighted by molar-refractivity contribution is 0.555. The molecule has 2 N–H and O–H groups in total. The maximum Gasteiger partial charge on any atom is 0.266 e. The fourth-order valence-electron chi connectivity index (χ4n) is 1.80. The molecule has 0 spiro atoms. The minimum Gasteiger partial charge on any atom is -0.316 e. The molecule has 0 saturated carbocycles. The van der Waals surface area contributed by atoms with Crippen molar-refractivity contribution >= 4 is 27.4 Å². The fourth-order valence-corrected chi connectivity index (χ4v) is 3.24. The van der Waals surface area contributed by atoms with Gasteiger partial charge in [-0.1, -0.05) is 11.6 Å². The number of sulfonamides is 1. The van der Waals surface area contributed by atoms with E-state index < -0.39 is 20.7 Å². The van der Waals surface area contributed by atoms with Gasteiger partial charge in [-0.05, 0) is 19.2 Å². The van der Waals surface area contributed by atoms with E-state index in [4.69, 9.17) is 11.6 Å². The van der Waals surface area contributed by atoms with Gasteiger partial charge in [-0.15, -0.1) is 0 Å². The molecule has 1 heterocycles. The van der Waals surface area contributed by atoms with Crippen LogP contribution in [0, 0.1) is 5.82 Å². The molecule has 2 aromatic rings. The molecule has 0 bridgehead atoms. The third-order valence-corrected chi connectivity index (χ3v) is 4.26. The van der Waals surface area contributed by atoms with Crippen molar-refractivity contribution in [2.45, 2.75) is 11.4 Å². The zero-order valence-corrected chi connectivity index (χ0v) is 13.0. The Balaban J connectivity index is 2.44. The van der Waals surface area contributed by atoms with Crippen LogP contribution >= 0.6 is 11.6 Å². The van der Waals surface area contributed by atoms with E-state index in [0.29, 0.717) is 0 Å². The Hall–Kier alpha value is -1.64.